The van der Waals surface area contributed by atoms with Crippen LogP contribution in [0.1, 0.15) is 12.8 Å². The Kier molecular flexibility index (Phi) is 6.70. The van der Waals surface area contributed by atoms with Gasteiger partial charge in [0.2, 0.25) is 0 Å². The first-order valence-electron chi connectivity index (χ1n) is 8.93. The molecule has 0 aromatic carbocycles. The molecule has 0 fully saturated rings. The van der Waals surface area contributed by atoms with Gasteiger partial charge in [0.15, 0.2) is 12.0 Å². The van der Waals surface area contributed by atoms with Gasteiger partial charge in [0.05, 0.1) is 11.9 Å². The summed E-state index contributed by atoms with van der Waals surface area (Å²) in [5.41, 5.74) is 1.69. The first-order valence-corrected chi connectivity index (χ1v) is 8.93. The fourth-order valence-electron chi connectivity index (χ4n) is 2.52. The first kappa shape index (κ1) is 18.8. The third kappa shape index (κ3) is 5.75. The van der Waals surface area contributed by atoms with Gasteiger partial charge in [-0.15, -0.1) is 0 Å². The highest BCUT2D eigenvalue weighted by Gasteiger charge is 2.14. The number of ether oxygens (including phenoxy) is 3. The molecule has 2 heterocycles. The van der Waals surface area contributed by atoms with E-state index in [1.807, 2.05) is 12.2 Å². The van der Waals surface area contributed by atoms with Crippen LogP contribution in [-0.2, 0) is 21.3 Å². The SMILES string of the molecule is Cn1ncc(NCCNCCOC2=COC(C3=CC=CCC3)=CO2)cc1=O. The van der Waals surface area contributed by atoms with Crippen molar-refractivity contribution in [2.24, 2.45) is 7.05 Å². The van der Waals surface area contributed by atoms with Crippen LogP contribution in [0.15, 0.2) is 65.1 Å². The van der Waals surface area contributed by atoms with E-state index < -0.39 is 0 Å². The molecule has 0 radical (unpaired) electrons. The molecule has 1 aromatic rings. The molecule has 1 aliphatic heterocycles. The highest BCUT2D eigenvalue weighted by Crippen LogP contribution is 2.25. The minimum atomic E-state index is -0.141. The van der Waals surface area contributed by atoms with Gasteiger partial charge in [-0.3, -0.25) is 4.79 Å². The molecule has 2 N–H and O–H groups in total. The first-order chi connectivity index (χ1) is 13.2. The smallest absolute Gasteiger partial charge is 0.321 e. The van der Waals surface area contributed by atoms with Crippen LogP contribution in [0.3, 0.4) is 0 Å². The number of anilines is 1. The molecule has 144 valence electrons. The Hall–Kier alpha value is -3.00. The summed E-state index contributed by atoms with van der Waals surface area (Å²) < 4.78 is 17.8. The number of hydrogen-bond acceptors (Lipinski definition) is 7. The normalized spacial score (nSPS) is 15.8. The minimum absolute atomic E-state index is 0.141. The summed E-state index contributed by atoms with van der Waals surface area (Å²) >= 11 is 0. The van der Waals surface area contributed by atoms with Crippen LogP contribution >= 0.6 is 0 Å². The summed E-state index contributed by atoms with van der Waals surface area (Å²) in [7, 11) is 1.62. The largest absolute Gasteiger partial charge is 0.462 e. The van der Waals surface area contributed by atoms with E-state index in [9.17, 15) is 4.79 Å². The van der Waals surface area contributed by atoms with E-state index in [0.29, 0.717) is 31.3 Å². The van der Waals surface area contributed by atoms with Gasteiger partial charge in [-0.25, -0.2) is 4.68 Å². The lowest BCUT2D eigenvalue weighted by molar-refractivity contribution is 0.0541. The van der Waals surface area contributed by atoms with Gasteiger partial charge in [-0.05, 0) is 18.4 Å². The van der Waals surface area contributed by atoms with Crippen LogP contribution in [0.2, 0.25) is 0 Å². The van der Waals surface area contributed by atoms with Crippen LogP contribution in [0.4, 0.5) is 5.69 Å². The van der Waals surface area contributed by atoms with Crippen molar-refractivity contribution in [1.82, 2.24) is 15.1 Å². The highest BCUT2D eigenvalue weighted by molar-refractivity contribution is 5.38. The Morgan fingerprint density at radius 3 is 2.93 bits per heavy atom. The molecule has 2 aliphatic rings. The number of hydrogen-bond donors (Lipinski definition) is 2. The predicted octanol–water partition coefficient (Wildman–Crippen LogP) is 1.76. The Morgan fingerprint density at radius 1 is 1.26 bits per heavy atom. The second-order valence-corrected chi connectivity index (χ2v) is 6.04. The lowest BCUT2D eigenvalue weighted by Gasteiger charge is -2.18. The van der Waals surface area contributed by atoms with E-state index >= 15 is 0 Å². The summed E-state index contributed by atoms with van der Waals surface area (Å²) in [5, 5.41) is 10.3. The Balaban J connectivity index is 1.26. The number of aromatic nitrogens is 2. The third-order valence-electron chi connectivity index (χ3n) is 4.02. The Labute approximate surface area is 157 Å². The van der Waals surface area contributed by atoms with Crippen LogP contribution in [-0.4, -0.2) is 36.0 Å². The van der Waals surface area contributed by atoms with Crippen molar-refractivity contribution < 1.29 is 14.2 Å². The predicted molar refractivity (Wildman–Crippen MR) is 102 cm³/mol. The maximum atomic E-state index is 11.5. The second kappa shape index (κ2) is 9.63. The van der Waals surface area contributed by atoms with Crippen molar-refractivity contribution in [3.8, 4) is 0 Å². The average Bonchev–Trinajstić information content (AvgIpc) is 2.71. The molecular formula is C19H24N4O4. The molecule has 27 heavy (non-hydrogen) atoms. The molecule has 0 saturated carbocycles. The van der Waals surface area contributed by atoms with Crippen molar-refractivity contribution in [3.05, 3.63) is 70.6 Å². The van der Waals surface area contributed by atoms with Gasteiger partial charge < -0.3 is 24.8 Å². The number of allylic oxidation sites excluding steroid dienone is 4. The summed E-state index contributed by atoms with van der Waals surface area (Å²) in [6, 6.07) is 1.52. The minimum Gasteiger partial charge on any atom is -0.462 e. The number of nitrogens with zero attached hydrogens (tertiary/aromatic N) is 2. The molecule has 0 amide bonds. The standard InChI is InChI=1S/C19H24N4O4/c1-23-18(24)11-16(12-22-23)21-8-7-20-9-10-25-19-14-26-17(13-27-19)15-5-3-2-4-6-15/h2-3,5,11-14,20-21H,4,6-10H2,1H3. The van der Waals surface area contributed by atoms with Crippen LogP contribution in [0, 0.1) is 0 Å². The molecule has 0 bridgehead atoms. The van der Waals surface area contributed by atoms with E-state index in [2.05, 4.69) is 21.8 Å². The summed E-state index contributed by atoms with van der Waals surface area (Å²) in [4.78, 5) is 11.5. The maximum absolute atomic E-state index is 11.5. The molecule has 8 nitrogen and oxygen atoms in total. The Morgan fingerprint density at radius 2 is 2.19 bits per heavy atom. The zero-order chi connectivity index (χ0) is 18.9. The van der Waals surface area contributed by atoms with Crippen LogP contribution in [0.5, 0.6) is 0 Å². The zero-order valence-electron chi connectivity index (χ0n) is 15.3. The molecule has 0 unspecified atom stereocenters. The molecule has 3 rings (SSSR count). The van der Waals surface area contributed by atoms with Crippen molar-refractivity contribution in [2.75, 3.05) is 31.6 Å². The molecule has 0 atom stereocenters. The second-order valence-electron chi connectivity index (χ2n) is 6.04. The highest BCUT2D eigenvalue weighted by atomic mass is 16.7. The van der Waals surface area contributed by atoms with Crippen molar-refractivity contribution >= 4 is 5.69 Å². The van der Waals surface area contributed by atoms with E-state index in [1.54, 1.807) is 19.5 Å². The maximum Gasteiger partial charge on any atom is 0.321 e. The fraction of sp³-hybridized carbons (Fsp3) is 0.368. The van der Waals surface area contributed by atoms with E-state index in [4.69, 9.17) is 14.2 Å². The fourth-order valence-corrected chi connectivity index (χ4v) is 2.52. The molecule has 1 aliphatic carbocycles. The third-order valence-corrected chi connectivity index (χ3v) is 4.02. The Bertz CT molecular complexity index is 823. The molecular weight excluding hydrogens is 348 g/mol. The summed E-state index contributed by atoms with van der Waals surface area (Å²) in [6.45, 7) is 2.51. The topological polar surface area (TPSA) is 86.6 Å². The van der Waals surface area contributed by atoms with Gasteiger partial charge in [0, 0.05) is 32.7 Å². The van der Waals surface area contributed by atoms with Crippen molar-refractivity contribution in [2.45, 2.75) is 12.8 Å². The average molecular weight is 372 g/mol. The number of nitrogens with one attached hydrogen (secondary N) is 2. The van der Waals surface area contributed by atoms with E-state index in [1.165, 1.54) is 17.0 Å². The van der Waals surface area contributed by atoms with E-state index in [0.717, 1.165) is 30.7 Å². The van der Waals surface area contributed by atoms with Gasteiger partial charge in [-0.1, -0.05) is 18.2 Å². The number of rotatable bonds is 9. The van der Waals surface area contributed by atoms with Crippen LogP contribution < -0.4 is 16.2 Å². The summed E-state index contributed by atoms with van der Waals surface area (Å²) in [6.07, 6.45) is 12.8. The van der Waals surface area contributed by atoms with Gasteiger partial charge in [-0.2, -0.15) is 5.10 Å². The zero-order valence-corrected chi connectivity index (χ0v) is 15.3. The van der Waals surface area contributed by atoms with Crippen molar-refractivity contribution in [1.29, 1.82) is 0 Å². The van der Waals surface area contributed by atoms with E-state index in [-0.39, 0.29) is 5.56 Å². The monoisotopic (exact) mass is 372 g/mol. The quantitative estimate of drug-likeness (QED) is 0.639. The van der Waals surface area contributed by atoms with Crippen LogP contribution in [0.25, 0.3) is 0 Å². The van der Waals surface area contributed by atoms with Gasteiger partial charge in [0.1, 0.15) is 12.9 Å². The van der Waals surface area contributed by atoms with Gasteiger partial charge in [0.25, 0.3) is 5.56 Å². The molecule has 0 spiro atoms. The lowest BCUT2D eigenvalue weighted by atomic mass is 10.0. The number of aryl methyl sites for hydroxylation is 1. The summed E-state index contributed by atoms with van der Waals surface area (Å²) in [5.74, 6) is 1.07. The van der Waals surface area contributed by atoms with Gasteiger partial charge >= 0.3 is 5.95 Å². The van der Waals surface area contributed by atoms with Crippen molar-refractivity contribution in [3.63, 3.8) is 0 Å². The molecule has 1 aromatic heterocycles. The molecule has 0 saturated heterocycles. The molecule has 8 heteroatoms. The lowest BCUT2D eigenvalue weighted by Crippen LogP contribution is -2.26.